The number of benzene rings is 1. The summed E-state index contributed by atoms with van der Waals surface area (Å²) in [5.74, 6) is 0.935. The lowest BCUT2D eigenvalue weighted by molar-refractivity contribution is -0.487. The molecule has 0 N–H and O–H groups in total. The molecule has 1 atom stereocenters. The normalized spacial score (nSPS) is 17.1. The number of hydrogen-bond acceptors (Lipinski definition) is 5. The minimum Gasteiger partial charge on any atom is -0.493 e. The molecule has 21 heavy (non-hydrogen) atoms. The van der Waals surface area contributed by atoms with Crippen LogP contribution in [0.1, 0.15) is 24.1 Å². The van der Waals surface area contributed by atoms with E-state index in [0.717, 1.165) is 11.1 Å². The number of amides is 1. The van der Waals surface area contributed by atoms with Crippen molar-refractivity contribution >= 4 is 5.91 Å². The van der Waals surface area contributed by atoms with E-state index in [9.17, 15) is 14.9 Å². The van der Waals surface area contributed by atoms with Gasteiger partial charge in [-0.2, -0.15) is 0 Å². The summed E-state index contributed by atoms with van der Waals surface area (Å²) in [5.41, 5.74) is 1.71. The third kappa shape index (κ3) is 2.91. The van der Waals surface area contributed by atoms with Crippen molar-refractivity contribution in [3.05, 3.63) is 33.4 Å². The smallest absolute Gasteiger partial charge is 0.228 e. The molecule has 1 aromatic carbocycles. The predicted molar refractivity (Wildman–Crippen MR) is 75.2 cm³/mol. The van der Waals surface area contributed by atoms with Gasteiger partial charge < -0.3 is 14.4 Å². The predicted octanol–water partition coefficient (Wildman–Crippen LogP) is 1.43. The fourth-order valence-corrected chi connectivity index (χ4v) is 2.74. The van der Waals surface area contributed by atoms with Gasteiger partial charge in [-0.3, -0.25) is 14.9 Å². The van der Waals surface area contributed by atoms with Crippen LogP contribution in [-0.2, 0) is 11.2 Å². The lowest BCUT2D eigenvalue weighted by atomic mass is 9.91. The van der Waals surface area contributed by atoms with Gasteiger partial charge in [0.25, 0.3) is 0 Å². The van der Waals surface area contributed by atoms with Gasteiger partial charge in [-0.25, -0.2) is 0 Å². The minimum absolute atomic E-state index is 0.165. The molecule has 0 spiro atoms. The zero-order valence-electron chi connectivity index (χ0n) is 12.3. The second-order valence-electron chi connectivity index (χ2n) is 4.90. The molecule has 0 saturated heterocycles. The summed E-state index contributed by atoms with van der Waals surface area (Å²) in [4.78, 5) is 23.8. The molecule has 0 aromatic heterocycles. The van der Waals surface area contributed by atoms with Gasteiger partial charge in [0.1, 0.15) is 6.04 Å². The lowest BCUT2D eigenvalue weighted by Gasteiger charge is -2.35. The molecule has 1 heterocycles. The fourth-order valence-electron chi connectivity index (χ4n) is 2.74. The van der Waals surface area contributed by atoms with E-state index in [2.05, 4.69) is 0 Å². The Labute approximate surface area is 122 Å². The summed E-state index contributed by atoms with van der Waals surface area (Å²) in [6.07, 6.45) is 0.642. The number of nitro groups is 1. The first-order valence-electron chi connectivity index (χ1n) is 6.61. The van der Waals surface area contributed by atoms with Crippen molar-refractivity contribution in [3.8, 4) is 11.5 Å². The van der Waals surface area contributed by atoms with Crippen molar-refractivity contribution in [2.75, 3.05) is 27.3 Å². The number of methoxy groups -OCH3 is 2. The van der Waals surface area contributed by atoms with Gasteiger partial charge in [-0.1, -0.05) is 0 Å². The van der Waals surface area contributed by atoms with E-state index in [1.807, 2.05) is 6.07 Å². The van der Waals surface area contributed by atoms with Crippen LogP contribution in [0.5, 0.6) is 11.5 Å². The van der Waals surface area contributed by atoms with Crippen molar-refractivity contribution in [1.29, 1.82) is 0 Å². The highest BCUT2D eigenvalue weighted by Crippen LogP contribution is 2.38. The quantitative estimate of drug-likeness (QED) is 0.619. The Morgan fingerprint density at radius 2 is 2.00 bits per heavy atom. The zero-order chi connectivity index (χ0) is 15.6. The van der Waals surface area contributed by atoms with Crippen LogP contribution in [0.4, 0.5) is 0 Å². The Morgan fingerprint density at radius 3 is 2.52 bits per heavy atom. The molecule has 0 saturated carbocycles. The molecule has 1 aromatic rings. The summed E-state index contributed by atoms with van der Waals surface area (Å²) >= 11 is 0. The average Bonchev–Trinajstić information content (AvgIpc) is 2.45. The first-order valence-corrected chi connectivity index (χ1v) is 6.61. The maximum Gasteiger partial charge on any atom is 0.228 e. The highest BCUT2D eigenvalue weighted by atomic mass is 16.6. The van der Waals surface area contributed by atoms with Crippen molar-refractivity contribution in [3.63, 3.8) is 0 Å². The summed E-state index contributed by atoms with van der Waals surface area (Å²) in [7, 11) is 3.06. The second-order valence-corrected chi connectivity index (χ2v) is 4.90. The monoisotopic (exact) mass is 294 g/mol. The van der Waals surface area contributed by atoms with E-state index in [1.54, 1.807) is 13.2 Å². The molecular formula is C14H18N2O5. The van der Waals surface area contributed by atoms with E-state index >= 15 is 0 Å². The van der Waals surface area contributed by atoms with E-state index < -0.39 is 11.0 Å². The number of hydrogen-bond donors (Lipinski definition) is 0. The summed E-state index contributed by atoms with van der Waals surface area (Å²) in [6.45, 7) is 1.58. The number of carbonyl (C=O) groups excluding carboxylic acids is 1. The average molecular weight is 294 g/mol. The minimum atomic E-state index is -0.568. The molecule has 0 radical (unpaired) electrons. The summed E-state index contributed by atoms with van der Waals surface area (Å²) in [6, 6.07) is 3.00. The molecule has 0 fully saturated rings. The Hall–Kier alpha value is -2.31. The van der Waals surface area contributed by atoms with Crippen LogP contribution in [0.3, 0.4) is 0 Å². The number of nitrogens with zero attached hydrogens (tertiary/aromatic N) is 2. The molecule has 0 aliphatic carbocycles. The zero-order valence-corrected chi connectivity index (χ0v) is 12.3. The van der Waals surface area contributed by atoms with E-state index in [1.165, 1.54) is 18.9 Å². The molecule has 1 aliphatic rings. The lowest BCUT2D eigenvalue weighted by Crippen LogP contribution is -2.41. The second kappa shape index (κ2) is 5.99. The van der Waals surface area contributed by atoms with Crippen molar-refractivity contribution in [2.24, 2.45) is 0 Å². The van der Waals surface area contributed by atoms with Crippen LogP contribution in [0.25, 0.3) is 0 Å². The van der Waals surface area contributed by atoms with Gasteiger partial charge in [-0.05, 0) is 29.7 Å². The summed E-state index contributed by atoms with van der Waals surface area (Å²) in [5, 5.41) is 10.9. The van der Waals surface area contributed by atoms with Gasteiger partial charge in [0.05, 0.1) is 14.2 Å². The van der Waals surface area contributed by atoms with Crippen molar-refractivity contribution < 1.29 is 19.2 Å². The van der Waals surface area contributed by atoms with Gasteiger partial charge >= 0.3 is 0 Å². The molecule has 7 nitrogen and oxygen atoms in total. The molecule has 7 heteroatoms. The molecule has 0 bridgehead atoms. The molecule has 2 rings (SSSR count). The largest absolute Gasteiger partial charge is 0.493 e. The highest BCUT2D eigenvalue weighted by molar-refractivity contribution is 5.74. The van der Waals surface area contributed by atoms with Gasteiger partial charge in [0.2, 0.25) is 12.5 Å². The van der Waals surface area contributed by atoms with Crippen LogP contribution < -0.4 is 9.47 Å². The van der Waals surface area contributed by atoms with Crippen LogP contribution in [0.2, 0.25) is 0 Å². The molecular weight excluding hydrogens is 276 g/mol. The highest BCUT2D eigenvalue weighted by Gasteiger charge is 2.33. The van der Waals surface area contributed by atoms with Gasteiger partial charge in [-0.15, -0.1) is 0 Å². The van der Waals surface area contributed by atoms with Crippen LogP contribution in [0, 0.1) is 10.1 Å². The number of fused-ring (bicyclic) bond motifs is 1. The van der Waals surface area contributed by atoms with Gasteiger partial charge in [0, 0.05) is 18.4 Å². The molecule has 114 valence electrons. The Morgan fingerprint density at radius 1 is 1.38 bits per heavy atom. The number of rotatable bonds is 4. The number of ether oxygens (including phenoxy) is 2. The number of carbonyl (C=O) groups is 1. The van der Waals surface area contributed by atoms with Gasteiger partial charge in [0.15, 0.2) is 11.5 Å². The standard InChI is InChI=1S/C14H18N2O5/c1-9(17)15-5-4-10-6-13(20-2)14(21-3)7-11(10)12(15)8-16(18)19/h6-7,12H,4-5,8H2,1-3H3. The SMILES string of the molecule is COc1cc2c(cc1OC)C(C[N+](=O)[O-])N(C(C)=O)CC2. The fraction of sp³-hybridized carbons (Fsp3) is 0.500. The topological polar surface area (TPSA) is 81.9 Å². The van der Waals surface area contributed by atoms with Crippen LogP contribution in [0.15, 0.2) is 12.1 Å². The molecule has 1 aliphatic heterocycles. The Balaban J connectivity index is 2.51. The molecule has 1 unspecified atom stereocenters. The van der Waals surface area contributed by atoms with Crippen LogP contribution in [-0.4, -0.2) is 43.0 Å². The summed E-state index contributed by atoms with van der Waals surface area (Å²) < 4.78 is 10.5. The third-order valence-electron chi connectivity index (χ3n) is 3.73. The van der Waals surface area contributed by atoms with E-state index in [0.29, 0.717) is 24.5 Å². The maximum atomic E-state index is 11.7. The maximum absolute atomic E-state index is 11.7. The first-order chi connectivity index (χ1) is 9.97. The van der Waals surface area contributed by atoms with E-state index in [-0.39, 0.29) is 12.5 Å². The Bertz CT molecular complexity index is 573. The van der Waals surface area contributed by atoms with E-state index in [4.69, 9.17) is 9.47 Å². The van der Waals surface area contributed by atoms with Crippen LogP contribution >= 0.6 is 0 Å². The van der Waals surface area contributed by atoms with Crippen molar-refractivity contribution in [2.45, 2.75) is 19.4 Å². The Kier molecular flexibility index (Phi) is 4.30. The first kappa shape index (κ1) is 15.1. The third-order valence-corrected chi connectivity index (χ3v) is 3.73. The van der Waals surface area contributed by atoms with Crippen molar-refractivity contribution in [1.82, 2.24) is 4.90 Å². The molecule has 1 amide bonds.